The maximum absolute atomic E-state index is 15.3. The van der Waals surface area contributed by atoms with Crippen LogP contribution in [-0.4, -0.2) is 36.6 Å². The minimum absolute atomic E-state index is 0.0805. The van der Waals surface area contributed by atoms with Crippen LogP contribution in [0.4, 0.5) is 23.2 Å². The monoisotopic (exact) mass is 446 g/mol. The van der Waals surface area contributed by atoms with Crippen molar-refractivity contribution in [3.05, 3.63) is 41.2 Å². The van der Waals surface area contributed by atoms with Crippen molar-refractivity contribution >= 4 is 33.4 Å². The Labute approximate surface area is 181 Å². The molecule has 5 nitrogen and oxygen atoms in total. The lowest BCUT2D eigenvalue weighted by molar-refractivity contribution is -0.137. The number of alkyl halides is 3. The molecule has 0 radical (unpaired) electrons. The number of rotatable bonds is 4. The highest BCUT2D eigenvalue weighted by molar-refractivity contribution is 6.19. The van der Waals surface area contributed by atoms with Gasteiger partial charge in [-0.2, -0.15) is 13.2 Å². The summed E-state index contributed by atoms with van der Waals surface area (Å²) in [6, 6.07) is 4.36. The summed E-state index contributed by atoms with van der Waals surface area (Å²) in [5, 5.41) is 4.09. The van der Waals surface area contributed by atoms with E-state index in [4.69, 9.17) is 5.73 Å². The van der Waals surface area contributed by atoms with Crippen LogP contribution in [0.15, 0.2) is 24.3 Å². The molecule has 1 aromatic heterocycles. The number of hydrogen-bond donors (Lipinski definition) is 3. The number of benzene rings is 2. The summed E-state index contributed by atoms with van der Waals surface area (Å²) in [7, 11) is 0. The molecule has 0 saturated carbocycles. The fourth-order valence-corrected chi connectivity index (χ4v) is 4.34. The third-order valence-electron chi connectivity index (χ3n) is 5.79. The Morgan fingerprint density at radius 1 is 1.34 bits per heavy atom. The number of primary amides is 1. The zero-order valence-corrected chi connectivity index (χ0v) is 17.4. The van der Waals surface area contributed by atoms with Gasteiger partial charge in [0, 0.05) is 35.4 Å². The molecule has 0 spiro atoms. The summed E-state index contributed by atoms with van der Waals surface area (Å²) >= 11 is 0. The van der Waals surface area contributed by atoms with E-state index in [1.54, 1.807) is 6.92 Å². The number of nitrogens with two attached hydrogens (primary N) is 1. The number of halogens is 4. The molecular weight excluding hydrogens is 424 g/mol. The SMILES string of the molecule is CC#CCN[C@@H]1CCCN(c2c(F)cc(C(N)=O)c3[nH]c4cc(C(F)(F)F)ccc4c23)C1. The summed E-state index contributed by atoms with van der Waals surface area (Å²) in [6.45, 7) is 3.34. The van der Waals surface area contributed by atoms with E-state index in [1.807, 2.05) is 4.90 Å². The van der Waals surface area contributed by atoms with Gasteiger partial charge in [-0.3, -0.25) is 4.79 Å². The summed E-state index contributed by atoms with van der Waals surface area (Å²) in [6.07, 6.45) is -2.83. The highest BCUT2D eigenvalue weighted by Gasteiger charge is 2.32. The van der Waals surface area contributed by atoms with Gasteiger partial charge < -0.3 is 20.9 Å². The number of nitrogens with zero attached hydrogens (tertiary/aromatic N) is 1. The first-order valence-corrected chi connectivity index (χ1v) is 10.2. The van der Waals surface area contributed by atoms with Gasteiger partial charge in [-0.1, -0.05) is 12.0 Å². The van der Waals surface area contributed by atoms with Crippen molar-refractivity contribution in [3.63, 3.8) is 0 Å². The number of carbonyl (C=O) groups excluding carboxylic acids is 1. The lowest BCUT2D eigenvalue weighted by atomic mass is 10.0. The molecule has 1 saturated heterocycles. The first-order chi connectivity index (χ1) is 15.2. The topological polar surface area (TPSA) is 74.2 Å². The Morgan fingerprint density at radius 2 is 2.12 bits per heavy atom. The van der Waals surface area contributed by atoms with Crippen molar-refractivity contribution in [3.8, 4) is 11.8 Å². The number of H-pyrrole nitrogens is 1. The summed E-state index contributed by atoms with van der Waals surface area (Å²) < 4.78 is 55.0. The Hall–Kier alpha value is -3.25. The van der Waals surface area contributed by atoms with Gasteiger partial charge in [-0.15, -0.1) is 5.92 Å². The Morgan fingerprint density at radius 3 is 2.81 bits per heavy atom. The lowest BCUT2D eigenvalue weighted by Crippen LogP contribution is -2.46. The van der Waals surface area contributed by atoms with Crippen molar-refractivity contribution in [1.82, 2.24) is 10.3 Å². The van der Waals surface area contributed by atoms with Gasteiger partial charge in [-0.05, 0) is 38.0 Å². The van der Waals surface area contributed by atoms with E-state index in [2.05, 4.69) is 22.1 Å². The predicted molar refractivity (Wildman–Crippen MR) is 116 cm³/mol. The second-order valence-corrected chi connectivity index (χ2v) is 7.84. The van der Waals surface area contributed by atoms with Crippen molar-refractivity contribution in [2.45, 2.75) is 32.0 Å². The van der Waals surface area contributed by atoms with E-state index in [1.165, 1.54) is 6.07 Å². The van der Waals surface area contributed by atoms with E-state index < -0.39 is 23.5 Å². The lowest BCUT2D eigenvalue weighted by Gasteiger charge is -2.35. The van der Waals surface area contributed by atoms with Gasteiger partial charge in [0.1, 0.15) is 5.82 Å². The van der Waals surface area contributed by atoms with Gasteiger partial charge in [0.2, 0.25) is 0 Å². The molecule has 3 aromatic rings. The van der Waals surface area contributed by atoms with Crippen molar-refractivity contribution in [1.29, 1.82) is 0 Å². The van der Waals surface area contributed by atoms with Crippen LogP contribution in [0.3, 0.4) is 0 Å². The first-order valence-electron chi connectivity index (χ1n) is 10.2. The van der Waals surface area contributed by atoms with Crippen LogP contribution in [0, 0.1) is 17.7 Å². The highest BCUT2D eigenvalue weighted by Crippen LogP contribution is 2.40. The summed E-state index contributed by atoms with van der Waals surface area (Å²) in [4.78, 5) is 16.7. The van der Waals surface area contributed by atoms with Crippen LogP contribution in [-0.2, 0) is 6.18 Å². The molecule has 1 aliphatic rings. The van der Waals surface area contributed by atoms with Crippen molar-refractivity contribution < 1.29 is 22.4 Å². The van der Waals surface area contributed by atoms with E-state index >= 15 is 4.39 Å². The van der Waals surface area contributed by atoms with Crippen molar-refractivity contribution in [2.24, 2.45) is 5.73 Å². The van der Waals surface area contributed by atoms with Gasteiger partial charge in [0.05, 0.1) is 28.9 Å². The highest BCUT2D eigenvalue weighted by atomic mass is 19.4. The minimum atomic E-state index is -4.53. The third kappa shape index (κ3) is 3.98. The number of amides is 1. The molecule has 1 amide bonds. The number of aromatic nitrogens is 1. The fraction of sp³-hybridized carbons (Fsp3) is 0.348. The van der Waals surface area contributed by atoms with E-state index in [0.29, 0.717) is 30.4 Å². The van der Waals surface area contributed by atoms with E-state index in [-0.39, 0.29) is 28.3 Å². The molecule has 2 heterocycles. The zero-order valence-electron chi connectivity index (χ0n) is 17.4. The smallest absolute Gasteiger partial charge is 0.367 e. The zero-order chi connectivity index (χ0) is 23.0. The molecule has 168 valence electrons. The number of hydrogen-bond acceptors (Lipinski definition) is 3. The number of fused-ring (bicyclic) bond motifs is 3. The molecule has 9 heteroatoms. The molecule has 2 aromatic carbocycles. The number of nitrogens with one attached hydrogen (secondary N) is 2. The third-order valence-corrected chi connectivity index (χ3v) is 5.79. The van der Waals surface area contributed by atoms with E-state index in [9.17, 15) is 18.0 Å². The molecular formula is C23H22F4N4O. The summed E-state index contributed by atoms with van der Waals surface area (Å²) in [5.41, 5.74) is 5.16. The van der Waals surface area contributed by atoms with Gasteiger partial charge in [-0.25, -0.2) is 4.39 Å². The molecule has 4 N–H and O–H groups in total. The Kier molecular flexibility index (Phi) is 5.73. The van der Waals surface area contributed by atoms with Crippen LogP contribution in [0.25, 0.3) is 21.8 Å². The van der Waals surface area contributed by atoms with Gasteiger partial charge in [0.15, 0.2) is 0 Å². The number of piperidine rings is 1. The summed E-state index contributed by atoms with van der Waals surface area (Å²) in [5.74, 6) is 4.26. The molecule has 0 aliphatic carbocycles. The standard InChI is InChI=1S/C23H22F4N4O/c1-2-3-8-29-14-5-4-9-31(12-14)21-17(24)11-16(22(28)32)20-19(21)15-7-6-13(23(25,26)27)10-18(15)30-20/h6-7,10-11,14,29-30H,4-5,8-9,12H2,1H3,(H2,28,32)/t14-/m1/s1. The quantitative estimate of drug-likeness (QED) is 0.416. The first kappa shape index (κ1) is 22.0. The van der Waals surface area contributed by atoms with Crippen LogP contribution in [0.2, 0.25) is 0 Å². The molecule has 4 rings (SSSR count). The largest absolute Gasteiger partial charge is 0.416 e. The number of anilines is 1. The maximum Gasteiger partial charge on any atom is 0.416 e. The molecule has 1 aliphatic heterocycles. The average molecular weight is 446 g/mol. The van der Waals surface area contributed by atoms with Crippen molar-refractivity contribution in [2.75, 3.05) is 24.5 Å². The minimum Gasteiger partial charge on any atom is -0.367 e. The molecule has 1 fully saturated rings. The second kappa shape index (κ2) is 8.36. The maximum atomic E-state index is 15.3. The van der Waals surface area contributed by atoms with Gasteiger partial charge >= 0.3 is 6.18 Å². The molecule has 0 bridgehead atoms. The van der Waals surface area contributed by atoms with E-state index in [0.717, 1.165) is 31.0 Å². The Balaban J connectivity index is 1.88. The molecule has 1 atom stereocenters. The van der Waals surface area contributed by atoms with Crippen LogP contribution in [0.5, 0.6) is 0 Å². The Bertz CT molecular complexity index is 1250. The average Bonchev–Trinajstić information content (AvgIpc) is 3.11. The predicted octanol–water partition coefficient (Wildman–Crippen LogP) is 4.16. The van der Waals surface area contributed by atoms with Crippen LogP contribution in [0.1, 0.15) is 35.7 Å². The van der Waals surface area contributed by atoms with Gasteiger partial charge in [0.25, 0.3) is 5.91 Å². The number of aromatic amines is 1. The van der Waals surface area contributed by atoms with Crippen LogP contribution < -0.4 is 16.0 Å². The molecule has 32 heavy (non-hydrogen) atoms. The molecule has 0 unspecified atom stereocenters. The second-order valence-electron chi connectivity index (χ2n) is 7.84. The normalized spacial score (nSPS) is 16.9. The fourth-order valence-electron chi connectivity index (χ4n) is 4.34. The number of carbonyl (C=O) groups is 1. The van der Waals surface area contributed by atoms with Crippen LogP contribution >= 0.6 is 0 Å².